The summed E-state index contributed by atoms with van der Waals surface area (Å²) in [6, 6.07) is 10.3. The molecule has 0 radical (unpaired) electrons. The first kappa shape index (κ1) is 12.9. The van der Waals surface area contributed by atoms with E-state index in [9.17, 15) is 4.79 Å². The van der Waals surface area contributed by atoms with Gasteiger partial charge in [-0.3, -0.25) is 4.79 Å². The van der Waals surface area contributed by atoms with Crippen molar-refractivity contribution in [1.29, 1.82) is 0 Å². The third-order valence-electron chi connectivity index (χ3n) is 2.47. The highest BCUT2D eigenvalue weighted by molar-refractivity contribution is 6.32. The van der Waals surface area contributed by atoms with E-state index in [0.717, 1.165) is 5.56 Å². The fourth-order valence-corrected chi connectivity index (χ4v) is 1.86. The van der Waals surface area contributed by atoms with Gasteiger partial charge < -0.3 is 4.74 Å². The van der Waals surface area contributed by atoms with Gasteiger partial charge in [0.2, 0.25) is 0 Å². The third-order valence-corrected chi connectivity index (χ3v) is 3.20. The summed E-state index contributed by atoms with van der Waals surface area (Å²) < 4.78 is 5.65. The van der Waals surface area contributed by atoms with Crippen molar-refractivity contribution >= 4 is 29.5 Å². The van der Waals surface area contributed by atoms with E-state index >= 15 is 0 Å². The molecule has 2 rings (SSSR count). The SMILES string of the molecule is Cc1cc(Oc2c(Cl)cccc2C=O)ccc1Cl. The monoisotopic (exact) mass is 280 g/mol. The predicted octanol–water partition coefficient (Wildman–Crippen LogP) is 4.91. The first-order chi connectivity index (χ1) is 8.61. The first-order valence-corrected chi connectivity index (χ1v) is 6.05. The fraction of sp³-hybridized carbons (Fsp3) is 0.0714. The number of benzene rings is 2. The second kappa shape index (κ2) is 5.42. The first-order valence-electron chi connectivity index (χ1n) is 5.29. The number of halogens is 2. The van der Waals surface area contributed by atoms with Gasteiger partial charge in [-0.15, -0.1) is 0 Å². The van der Waals surface area contributed by atoms with E-state index in [2.05, 4.69) is 0 Å². The summed E-state index contributed by atoms with van der Waals surface area (Å²) in [7, 11) is 0. The quantitative estimate of drug-likeness (QED) is 0.747. The van der Waals surface area contributed by atoms with E-state index < -0.39 is 0 Å². The maximum Gasteiger partial charge on any atom is 0.156 e. The minimum atomic E-state index is 0.357. The van der Waals surface area contributed by atoms with Crippen LogP contribution in [0.25, 0.3) is 0 Å². The highest BCUT2D eigenvalue weighted by Crippen LogP contribution is 2.33. The van der Waals surface area contributed by atoms with Crippen LogP contribution in [-0.4, -0.2) is 6.29 Å². The van der Waals surface area contributed by atoms with Gasteiger partial charge in [0.1, 0.15) is 5.75 Å². The van der Waals surface area contributed by atoms with E-state index in [4.69, 9.17) is 27.9 Å². The van der Waals surface area contributed by atoms with Gasteiger partial charge >= 0.3 is 0 Å². The topological polar surface area (TPSA) is 26.3 Å². The van der Waals surface area contributed by atoms with Gasteiger partial charge in [-0.25, -0.2) is 0 Å². The van der Waals surface area contributed by atoms with E-state index in [1.165, 1.54) is 0 Å². The Hall–Kier alpha value is -1.51. The number of rotatable bonds is 3. The molecule has 0 N–H and O–H groups in total. The molecule has 0 heterocycles. The van der Waals surface area contributed by atoms with Crippen LogP contribution in [0.3, 0.4) is 0 Å². The lowest BCUT2D eigenvalue weighted by atomic mass is 10.2. The van der Waals surface area contributed by atoms with Gasteiger partial charge in [0.25, 0.3) is 0 Å². The number of aldehydes is 1. The number of para-hydroxylation sites is 1. The Morgan fingerprint density at radius 3 is 2.56 bits per heavy atom. The molecule has 0 fully saturated rings. The molecule has 18 heavy (non-hydrogen) atoms. The predicted molar refractivity (Wildman–Crippen MR) is 73.1 cm³/mol. The molecule has 0 saturated carbocycles. The van der Waals surface area contributed by atoms with Crippen LogP contribution < -0.4 is 4.74 Å². The maximum absolute atomic E-state index is 10.9. The van der Waals surface area contributed by atoms with Crippen molar-refractivity contribution in [2.24, 2.45) is 0 Å². The molecular weight excluding hydrogens is 271 g/mol. The van der Waals surface area contributed by atoms with E-state index in [1.807, 2.05) is 6.92 Å². The Bertz CT molecular complexity index is 594. The van der Waals surface area contributed by atoms with Crippen LogP contribution in [0.15, 0.2) is 36.4 Å². The van der Waals surface area contributed by atoms with Gasteiger partial charge in [0, 0.05) is 5.02 Å². The summed E-state index contributed by atoms with van der Waals surface area (Å²) in [5.41, 5.74) is 1.31. The minimum absolute atomic E-state index is 0.357. The summed E-state index contributed by atoms with van der Waals surface area (Å²) in [6.07, 6.45) is 0.712. The van der Waals surface area contributed by atoms with E-state index in [1.54, 1.807) is 36.4 Å². The van der Waals surface area contributed by atoms with Gasteiger partial charge in [0.05, 0.1) is 10.6 Å². The van der Waals surface area contributed by atoms with Gasteiger partial charge in [-0.05, 0) is 42.8 Å². The number of carbonyl (C=O) groups is 1. The molecule has 4 heteroatoms. The summed E-state index contributed by atoms with van der Waals surface area (Å²) in [6.45, 7) is 1.88. The summed E-state index contributed by atoms with van der Waals surface area (Å²) in [5, 5.41) is 1.06. The van der Waals surface area contributed by atoms with Crippen LogP contribution in [0.2, 0.25) is 10.0 Å². The Kier molecular flexibility index (Phi) is 3.90. The molecule has 0 aliphatic carbocycles. The molecule has 0 atom stereocenters. The number of hydrogen-bond acceptors (Lipinski definition) is 2. The smallest absolute Gasteiger partial charge is 0.156 e. The van der Waals surface area contributed by atoms with Crippen molar-refractivity contribution in [1.82, 2.24) is 0 Å². The molecular formula is C14H10Cl2O2. The van der Waals surface area contributed by atoms with Gasteiger partial charge in [0.15, 0.2) is 12.0 Å². The van der Waals surface area contributed by atoms with Crippen LogP contribution in [0.1, 0.15) is 15.9 Å². The summed E-state index contributed by atoms with van der Waals surface area (Å²) >= 11 is 12.0. The van der Waals surface area contributed by atoms with Crippen LogP contribution >= 0.6 is 23.2 Å². The normalized spacial score (nSPS) is 10.2. The zero-order valence-electron chi connectivity index (χ0n) is 9.61. The highest BCUT2D eigenvalue weighted by atomic mass is 35.5. The molecule has 0 bridgehead atoms. The zero-order chi connectivity index (χ0) is 13.1. The van der Waals surface area contributed by atoms with Crippen molar-refractivity contribution < 1.29 is 9.53 Å². The average molecular weight is 281 g/mol. The second-order valence-corrected chi connectivity index (χ2v) is 4.60. The Morgan fingerprint density at radius 2 is 1.89 bits per heavy atom. The van der Waals surface area contributed by atoms with Gasteiger partial charge in [-0.1, -0.05) is 29.3 Å². The van der Waals surface area contributed by atoms with Crippen LogP contribution in [0.4, 0.5) is 0 Å². The zero-order valence-corrected chi connectivity index (χ0v) is 11.1. The molecule has 2 aromatic rings. The number of aryl methyl sites for hydroxylation is 1. The molecule has 0 aliphatic rings. The van der Waals surface area contributed by atoms with Crippen molar-refractivity contribution in [3.05, 3.63) is 57.6 Å². The molecule has 92 valence electrons. The second-order valence-electron chi connectivity index (χ2n) is 3.79. The van der Waals surface area contributed by atoms with Crippen LogP contribution in [-0.2, 0) is 0 Å². The van der Waals surface area contributed by atoms with E-state index in [0.29, 0.717) is 33.4 Å². The van der Waals surface area contributed by atoms with Crippen molar-refractivity contribution in [2.75, 3.05) is 0 Å². The highest BCUT2D eigenvalue weighted by Gasteiger charge is 2.09. The maximum atomic E-state index is 10.9. The average Bonchev–Trinajstić information content (AvgIpc) is 2.36. The van der Waals surface area contributed by atoms with Crippen LogP contribution in [0.5, 0.6) is 11.5 Å². The fourth-order valence-electron chi connectivity index (χ4n) is 1.52. The van der Waals surface area contributed by atoms with Crippen molar-refractivity contribution in [3.8, 4) is 11.5 Å². The number of ether oxygens (including phenoxy) is 1. The van der Waals surface area contributed by atoms with Crippen molar-refractivity contribution in [2.45, 2.75) is 6.92 Å². The van der Waals surface area contributed by atoms with Crippen LogP contribution in [0, 0.1) is 6.92 Å². The minimum Gasteiger partial charge on any atom is -0.455 e. The lowest BCUT2D eigenvalue weighted by Crippen LogP contribution is -1.92. The van der Waals surface area contributed by atoms with E-state index in [-0.39, 0.29) is 0 Å². The molecule has 0 amide bonds. The summed E-state index contributed by atoms with van der Waals surface area (Å²) in [5.74, 6) is 0.948. The van der Waals surface area contributed by atoms with Gasteiger partial charge in [-0.2, -0.15) is 0 Å². The molecule has 2 nitrogen and oxygen atoms in total. The number of hydrogen-bond donors (Lipinski definition) is 0. The standard InChI is InChI=1S/C14H10Cl2O2/c1-9-7-11(5-6-12(9)15)18-14-10(8-17)3-2-4-13(14)16/h2-8H,1H3. The Morgan fingerprint density at radius 1 is 1.11 bits per heavy atom. The van der Waals surface area contributed by atoms with Crippen molar-refractivity contribution in [3.63, 3.8) is 0 Å². The molecule has 0 aromatic heterocycles. The Balaban J connectivity index is 2.39. The molecule has 0 aliphatic heterocycles. The summed E-state index contributed by atoms with van der Waals surface area (Å²) in [4.78, 5) is 10.9. The Labute approximate surface area is 115 Å². The lowest BCUT2D eigenvalue weighted by Gasteiger charge is -2.10. The largest absolute Gasteiger partial charge is 0.455 e. The number of carbonyl (C=O) groups excluding carboxylic acids is 1. The molecule has 0 unspecified atom stereocenters. The molecule has 0 saturated heterocycles. The molecule has 2 aromatic carbocycles. The lowest BCUT2D eigenvalue weighted by molar-refractivity contribution is 0.112. The molecule has 0 spiro atoms. The third kappa shape index (κ3) is 2.66.